The monoisotopic (exact) mass is 170 g/mol. The van der Waals surface area contributed by atoms with E-state index in [0.717, 1.165) is 6.92 Å². The average Bonchev–Trinajstić information content (AvgIpc) is 1.27. The summed E-state index contributed by atoms with van der Waals surface area (Å²) in [7, 11) is 0. The van der Waals surface area contributed by atoms with Gasteiger partial charge >= 0.3 is 86.6 Å². The Balaban J connectivity index is -0.000000180. The molecule has 0 rings (SSSR count). The first kappa shape index (κ1) is 16.7. The topological polar surface area (TPSA) is 63.6 Å². The first-order chi connectivity index (χ1) is 3.13. The second kappa shape index (κ2) is 9.34. The maximum atomic E-state index is 9.65. The van der Waals surface area contributed by atoms with Gasteiger partial charge in [-0.15, -0.1) is 0 Å². The van der Waals surface area contributed by atoms with Crippen LogP contribution in [0, 0.1) is 0 Å². The minimum atomic E-state index is -1.56. The molecule has 4 nitrogen and oxygen atoms in total. The van der Waals surface area contributed by atoms with Crippen molar-refractivity contribution in [2.75, 3.05) is 0 Å². The molecule has 0 atom stereocenters. The summed E-state index contributed by atoms with van der Waals surface area (Å²) < 4.78 is 3.53. The molecule has 0 fully saturated rings. The summed E-state index contributed by atoms with van der Waals surface area (Å²) in [5.41, 5.74) is 0. The van der Waals surface area contributed by atoms with Crippen LogP contribution in [0.25, 0.3) is 0 Å². The van der Waals surface area contributed by atoms with Crippen LogP contribution in [0.1, 0.15) is 6.92 Å². The van der Waals surface area contributed by atoms with E-state index in [-0.39, 0.29) is 74.4 Å². The van der Waals surface area contributed by atoms with Gasteiger partial charge in [0.25, 0.3) is 0 Å². The third-order valence-electron chi connectivity index (χ3n) is 0.231. The number of carbonyl (C=O) groups is 2. The molecule has 0 saturated carbocycles. The zero-order valence-corrected chi connectivity index (χ0v) is 3.67. The summed E-state index contributed by atoms with van der Waals surface area (Å²) >= 11 is 0. The van der Waals surface area contributed by atoms with Gasteiger partial charge in [0.05, 0.1) is 0 Å². The van der Waals surface area contributed by atoms with Crippen molar-refractivity contribution in [1.29, 1.82) is 0 Å². The van der Waals surface area contributed by atoms with Crippen molar-refractivity contribution >= 4 is 86.6 Å². The Labute approximate surface area is 111 Å². The Morgan fingerprint density at radius 2 is 1.78 bits per heavy atom. The Bertz CT molecular complexity index is 92.0. The van der Waals surface area contributed by atoms with Gasteiger partial charge in [0.1, 0.15) is 0 Å². The summed E-state index contributed by atoms with van der Waals surface area (Å²) in [5, 5.41) is 7.64. The van der Waals surface area contributed by atoms with Crippen molar-refractivity contribution in [2.24, 2.45) is 0 Å². The van der Waals surface area contributed by atoms with Gasteiger partial charge in [-0.05, 0) is 0 Å². The minimum Gasteiger partial charge on any atom is 0.316 e. The van der Waals surface area contributed by atoms with Gasteiger partial charge in [0, 0.05) is 6.92 Å². The van der Waals surface area contributed by atoms with Crippen LogP contribution in [0.5, 0.6) is 0 Å². The largest absolute Gasteiger partial charge is 0.316 e. The SMILES string of the molecule is CC(=O)OC(=O)O.[KH].[MgH2]. The van der Waals surface area contributed by atoms with Crippen LogP contribution < -0.4 is 0 Å². The predicted octanol–water partition coefficient (Wildman–Crippen LogP) is -1.34. The van der Waals surface area contributed by atoms with Crippen LogP contribution in [-0.4, -0.2) is 91.7 Å². The molecule has 0 aliphatic carbocycles. The van der Waals surface area contributed by atoms with Gasteiger partial charge in [-0.1, -0.05) is 0 Å². The van der Waals surface area contributed by atoms with Gasteiger partial charge < -0.3 is 9.84 Å². The van der Waals surface area contributed by atoms with Crippen LogP contribution in [0.4, 0.5) is 4.79 Å². The van der Waals surface area contributed by atoms with Crippen LogP contribution in [0.3, 0.4) is 0 Å². The molecule has 0 spiro atoms. The number of carboxylic acid groups (broad SMARTS) is 1. The van der Waals surface area contributed by atoms with E-state index >= 15 is 0 Å². The maximum Gasteiger partial charge on any atom is 0.316 e. The summed E-state index contributed by atoms with van der Waals surface area (Å²) in [4.78, 5) is 19.0. The summed E-state index contributed by atoms with van der Waals surface area (Å²) in [5.74, 6) is -0.812. The fraction of sp³-hybridized carbons (Fsp3) is 0.333. The quantitative estimate of drug-likeness (QED) is 0.278. The predicted molar refractivity (Wildman–Crippen MR) is 35.5 cm³/mol. The number of hydrogen-bond donors (Lipinski definition) is 1. The third kappa shape index (κ3) is 17.6. The van der Waals surface area contributed by atoms with Crippen molar-refractivity contribution in [3.63, 3.8) is 0 Å². The fourth-order valence-corrected chi connectivity index (χ4v) is 0.123. The number of rotatable bonds is 0. The van der Waals surface area contributed by atoms with E-state index in [1.807, 2.05) is 0 Å². The van der Waals surface area contributed by atoms with E-state index in [0.29, 0.717) is 0 Å². The minimum absolute atomic E-state index is 0. The second-order valence-corrected chi connectivity index (χ2v) is 0.860. The molecule has 46 valence electrons. The first-order valence-electron chi connectivity index (χ1n) is 1.54. The van der Waals surface area contributed by atoms with E-state index < -0.39 is 12.1 Å². The van der Waals surface area contributed by atoms with Crippen molar-refractivity contribution in [1.82, 2.24) is 0 Å². The molecule has 6 heteroatoms. The Hall–Kier alpha value is 1.34. The molecule has 0 amide bonds. The molecule has 0 aliphatic rings. The molecule has 0 saturated heterocycles. The molecule has 0 bridgehead atoms. The molecule has 0 heterocycles. The van der Waals surface area contributed by atoms with Crippen LogP contribution in [0.15, 0.2) is 0 Å². The molecule has 0 aromatic heterocycles. The molecule has 0 aromatic carbocycles. The number of esters is 1. The zero-order valence-electron chi connectivity index (χ0n) is 3.67. The molecule has 1 N–H and O–H groups in total. The van der Waals surface area contributed by atoms with Gasteiger partial charge in [-0.25, -0.2) is 4.79 Å². The Morgan fingerprint density at radius 3 is 1.78 bits per heavy atom. The van der Waals surface area contributed by atoms with E-state index in [1.165, 1.54) is 0 Å². The Morgan fingerprint density at radius 1 is 1.44 bits per heavy atom. The average molecular weight is 170 g/mol. The number of hydrogen-bond acceptors (Lipinski definition) is 3. The molecule has 0 unspecified atom stereocenters. The Kier molecular flexibility index (Phi) is 17.4. The summed E-state index contributed by atoms with van der Waals surface area (Å²) in [6, 6.07) is 0. The third-order valence-corrected chi connectivity index (χ3v) is 0.231. The molecule has 0 aromatic rings. The van der Waals surface area contributed by atoms with Crippen LogP contribution in [0.2, 0.25) is 0 Å². The van der Waals surface area contributed by atoms with Gasteiger partial charge in [-0.3, -0.25) is 4.79 Å². The molecular formula is C3H7KMgO4. The number of carbonyl (C=O) groups excluding carboxylic acids is 1. The van der Waals surface area contributed by atoms with Gasteiger partial charge in [0.2, 0.25) is 0 Å². The van der Waals surface area contributed by atoms with E-state index in [2.05, 4.69) is 4.74 Å². The normalized spacial score (nSPS) is 5.89. The van der Waals surface area contributed by atoms with Crippen LogP contribution in [-0.2, 0) is 9.53 Å². The van der Waals surface area contributed by atoms with Gasteiger partial charge in [0.15, 0.2) is 0 Å². The standard InChI is InChI=1S/C3H4O4.K.Mg.3H/c1-2(4)7-3(5)6;;;;;/h1H3,(H,5,6);;;;;. The first-order valence-corrected chi connectivity index (χ1v) is 1.54. The number of ether oxygens (including phenoxy) is 1. The van der Waals surface area contributed by atoms with Gasteiger partial charge in [-0.2, -0.15) is 0 Å². The maximum absolute atomic E-state index is 9.65. The van der Waals surface area contributed by atoms with Crippen molar-refractivity contribution in [3.05, 3.63) is 0 Å². The fourth-order valence-electron chi connectivity index (χ4n) is 0.123. The van der Waals surface area contributed by atoms with Crippen LogP contribution >= 0.6 is 0 Å². The van der Waals surface area contributed by atoms with Crippen molar-refractivity contribution in [3.8, 4) is 0 Å². The molecule has 0 radical (unpaired) electrons. The van der Waals surface area contributed by atoms with Crippen molar-refractivity contribution < 1.29 is 19.4 Å². The second-order valence-electron chi connectivity index (χ2n) is 0.860. The molecule has 0 aliphatic heterocycles. The molecular weight excluding hydrogens is 163 g/mol. The van der Waals surface area contributed by atoms with Crippen molar-refractivity contribution in [2.45, 2.75) is 6.92 Å². The summed E-state index contributed by atoms with van der Waals surface area (Å²) in [6.07, 6.45) is -1.56. The van der Waals surface area contributed by atoms with E-state index in [1.54, 1.807) is 0 Å². The zero-order chi connectivity index (χ0) is 5.86. The van der Waals surface area contributed by atoms with E-state index in [4.69, 9.17) is 5.11 Å². The summed E-state index contributed by atoms with van der Waals surface area (Å²) in [6.45, 7) is 1.02. The smallest absolute Gasteiger partial charge is 0.316 e. The van der Waals surface area contributed by atoms with E-state index in [9.17, 15) is 9.59 Å². The molecule has 9 heavy (non-hydrogen) atoms.